The molecule has 0 unspecified atom stereocenters. The summed E-state index contributed by atoms with van der Waals surface area (Å²) < 4.78 is 3.97. The van der Waals surface area contributed by atoms with Crippen molar-refractivity contribution in [1.29, 1.82) is 0 Å². The van der Waals surface area contributed by atoms with Crippen molar-refractivity contribution in [3.63, 3.8) is 0 Å². The van der Waals surface area contributed by atoms with Crippen LogP contribution >= 0.6 is 0 Å². The Morgan fingerprint density at radius 1 is 0.606 bits per heavy atom. The van der Waals surface area contributed by atoms with Gasteiger partial charge in [0.15, 0.2) is 0 Å². The van der Waals surface area contributed by atoms with E-state index in [-0.39, 0.29) is 0 Å². The second-order valence-electron chi connectivity index (χ2n) is 7.76. The summed E-state index contributed by atoms with van der Waals surface area (Å²) in [6, 6.07) is 0. The molecule has 33 heavy (non-hydrogen) atoms. The van der Waals surface area contributed by atoms with Crippen molar-refractivity contribution in [3.8, 4) is 0 Å². The van der Waals surface area contributed by atoms with Crippen molar-refractivity contribution in [3.05, 3.63) is 37.0 Å². The molecule has 0 aliphatic carbocycles. The minimum atomic E-state index is -1.37. The monoisotopic (exact) mass is 466 g/mol. The van der Waals surface area contributed by atoms with E-state index in [1.165, 1.54) is 96.3 Å². The molecule has 0 radical (unpaired) electrons. The van der Waals surface area contributed by atoms with E-state index in [0.29, 0.717) is 24.3 Å². The molecule has 0 aromatic rings. The molecule has 0 aromatic heterocycles. The Balaban J connectivity index is 0. The number of hydrogen-bond donors (Lipinski definition) is 2. The zero-order chi connectivity index (χ0) is 25.2. The van der Waals surface area contributed by atoms with Gasteiger partial charge in [-0.05, 0) is 12.8 Å². The van der Waals surface area contributed by atoms with Crippen molar-refractivity contribution in [1.82, 2.24) is 0 Å². The molecule has 7 nitrogen and oxygen atoms in total. The van der Waals surface area contributed by atoms with E-state index >= 15 is 0 Å². The highest BCUT2D eigenvalue weighted by Crippen LogP contribution is 2.13. The number of unbranched alkanes of at least 4 members (excludes halogenated alkanes) is 14. The summed E-state index contributed by atoms with van der Waals surface area (Å²) in [6.07, 6.45) is 25.5. The predicted molar refractivity (Wildman–Crippen MR) is 130 cm³/mol. The molecular weight excluding hydrogens is 424 g/mol. The normalized spacial score (nSPS) is 10.6. The molecule has 0 saturated carbocycles. The van der Waals surface area contributed by atoms with Crippen molar-refractivity contribution in [2.75, 3.05) is 0 Å². The zero-order valence-electron chi connectivity index (χ0n) is 20.1. The first-order chi connectivity index (χ1) is 15.8. The molecule has 0 bridgehead atoms. The predicted octanol–water partition coefficient (Wildman–Crippen LogP) is 6.38. The van der Waals surface area contributed by atoms with Gasteiger partial charge in [0.2, 0.25) is 0 Å². The van der Waals surface area contributed by atoms with Crippen LogP contribution in [0.3, 0.4) is 0 Å². The topological polar surface area (TPSA) is 118 Å². The van der Waals surface area contributed by atoms with Gasteiger partial charge >= 0.3 is 23.9 Å². The van der Waals surface area contributed by atoms with Gasteiger partial charge in [0.05, 0.1) is 0 Å². The van der Waals surface area contributed by atoms with Gasteiger partial charge in [-0.15, -0.1) is 6.58 Å². The molecular formula is C26H42O7. The smallest absolute Gasteiger partial charge is 0.338 e. The third-order valence-electron chi connectivity index (χ3n) is 4.69. The van der Waals surface area contributed by atoms with Gasteiger partial charge in [-0.25, -0.2) is 19.2 Å². The lowest BCUT2D eigenvalue weighted by Crippen LogP contribution is -2.08. The Hall–Kier alpha value is -2.70. The SMILES string of the molecule is C=CCCCCCCCCCCCCCCCC.O=C(O)/C=C\C(=O)OC(=O)/C=C\C(=O)O. The van der Waals surface area contributed by atoms with Crippen LogP contribution in [0.2, 0.25) is 0 Å². The van der Waals surface area contributed by atoms with Crippen molar-refractivity contribution in [2.24, 2.45) is 0 Å². The fourth-order valence-corrected chi connectivity index (χ4v) is 2.93. The van der Waals surface area contributed by atoms with Crippen LogP contribution in [-0.2, 0) is 23.9 Å². The number of carbonyl (C=O) groups excluding carboxylic acids is 2. The minimum absolute atomic E-state index is 0.483. The summed E-state index contributed by atoms with van der Waals surface area (Å²) in [6.45, 7) is 6.05. The standard InChI is InChI=1S/C18H36.C8H6O7/c1-3-5-7-9-11-13-15-17-18-16-14-12-10-8-6-4-2;9-5(10)1-3-7(13)15-8(14)4-2-6(11)12/h3H,1,4-18H2,2H3;1-4H,(H,9,10)(H,11,12)/b;3-1-,4-2-. The lowest BCUT2D eigenvalue weighted by Gasteiger charge is -2.02. The second kappa shape index (κ2) is 25.6. The molecule has 188 valence electrons. The highest BCUT2D eigenvalue weighted by molar-refractivity contribution is 6.00. The first kappa shape index (κ1) is 32.5. The number of rotatable bonds is 19. The summed E-state index contributed by atoms with van der Waals surface area (Å²) in [7, 11) is 0. The maximum Gasteiger partial charge on any atom is 0.338 e. The maximum atomic E-state index is 10.6. The molecule has 0 atom stereocenters. The largest absolute Gasteiger partial charge is 0.478 e. The fourth-order valence-electron chi connectivity index (χ4n) is 2.93. The number of hydrogen-bond acceptors (Lipinski definition) is 5. The molecule has 0 spiro atoms. The Morgan fingerprint density at radius 3 is 1.24 bits per heavy atom. The van der Waals surface area contributed by atoms with Crippen LogP contribution in [0.4, 0.5) is 0 Å². The lowest BCUT2D eigenvalue weighted by atomic mass is 10.0. The first-order valence-electron chi connectivity index (χ1n) is 12.0. The third-order valence-corrected chi connectivity index (χ3v) is 4.69. The second-order valence-corrected chi connectivity index (χ2v) is 7.76. The molecule has 0 fully saturated rings. The Bertz CT molecular complexity index is 572. The van der Waals surface area contributed by atoms with Gasteiger partial charge in [0.1, 0.15) is 0 Å². The van der Waals surface area contributed by atoms with E-state index < -0.39 is 23.9 Å². The highest BCUT2D eigenvalue weighted by Gasteiger charge is 2.04. The quantitative estimate of drug-likeness (QED) is 0.0745. The molecule has 0 aliphatic heterocycles. The molecule has 0 rings (SSSR count). The van der Waals surface area contributed by atoms with Gasteiger partial charge in [-0.3, -0.25) is 0 Å². The molecule has 0 heterocycles. The van der Waals surface area contributed by atoms with Gasteiger partial charge in [-0.1, -0.05) is 96.5 Å². The number of ether oxygens (including phenoxy) is 1. The Kier molecular flexibility index (Phi) is 25.2. The van der Waals surface area contributed by atoms with Gasteiger partial charge < -0.3 is 14.9 Å². The molecule has 0 aromatic carbocycles. The number of carbonyl (C=O) groups is 4. The van der Waals surface area contributed by atoms with Crippen molar-refractivity contribution >= 4 is 23.9 Å². The summed E-state index contributed by atoms with van der Waals surface area (Å²) >= 11 is 0. The number of allylic oxidation sites excluding steroid dienone is 1. The van der Waals surface area contributed by atoms with Crippen LogP contribution in [0.5, 0.6) is 0 Å². The average Bonchev–Trinajstić information content (AvgIpc) is 2.77. The average molecular weight is 467 g/mol. The lowest BCUT2D eigenvalue weighted by molar-refractivity contribution is -0.153. The van der Waals surface area contributed by atoms with Crippen LogP contribution in [-0.4, -0.2) is 34.1 Å². The van der Waals surface area contributed by atoms with Gasteiger partial charge in [0.25, 0.3) is 0 Å². The zero-order valence-corrected chi connectivity index (χ0v) is 20.1. The summed E-state index contributed by atoms with van der Waals surface area (Å²) in [5.74, 6) is -5.14. The summed E-state index contributed by atoms with van der Waals surface area (Å²) in [4.78, 5) is 41.1. The van der Waals surface area contributed by atoms with E-state index in [9.17, 15) is 19.2 Å². The highest BCUT2D eigenvalue weighted by atomic mass is 16.6. The van der Waals surface area contributed by atoms with Crippen LogP contribution in [0, 0.1) is 0 Å². The number of carboxylic acid groups (broad SMARTS) is 2. The van der Waals surface area contributed by atoms with Gasteiger partial charge in [-0.2, -0.15) is 0 Å². The van der Waals surface area contributed by atoms with E-state index in [0.717, 1.165) is 0 Å². The summed E-state index contributed by atoms with van der Waals surface area (Å²) in [5, 5.41) is 16.2. The van der Waals surface area contributed by atoms with E-state index in [4.69, 9.17) is 10.2 Å². The van der Waals surface area contributed by atoms with E-state index in [2.05, 4.69) is 18.2 Å². The van der Waals surface area contributed by atoms with Gasteiger partial charge in [0, 0.05) is 24.3 Å². The number of aliphatic carboxylic acids is 2. The Morgan fingerprint density at radius 2 is 0.939 bits per heavy atom. The maximum absolute atomic E-state index is 10.6. The fraction of sp³-hybridized carbons (Fsp3) is 0.615. The van der Waals surface area contributed by atoms with Crippen molar-refractivity contribution < 1.29 is 34.1 Å². The third kappa shape index (κ3) is 31.6. The van der Waals surface area contributed by atoms with Crippen LogP contribution in [0.1, 0.15) is 103 Å². The summed E-state index contributed by atoms with van der Waals surface area (Å²) in [5.41, 5.74) is 0. The van der Waals surface area contributed by atoms with Crippen LogP contribution in [0.15, 0.2) is 37.0 Å². The van der Waals surface area contributed by atoms with Crippen LogP contribution in [0.25, 0.3) is 0 Å². The number of esters is 2. The van der Waals surface area contributed by atoms with Crippen molar-refractivity contribution in [2.45, 2.75) is 103 Å². The molecule has 7 heteroatoms. The number of carboxylic acids is 2. The molecule has 0 amide bonds. The molecule has 0 saturated heterocycles. The molecule has 2 N–H and O–H groups in total. The van der Waals surface area contributed by atoms with E-state index in [1.54, 1.807) is 0 Å². The molecule has 0 aliphatic rings. The Labute approximate surface area is 198 Å². The van der Waals surface area contributed by atoms with E-state index in [1.807, 2.05) is 6.08 Å². The first-order valence-corrected chi connectivity index (χ1v) is 12.0. The minimum Gasteiger partial charge on any atom is -0.478 e. The van der Waals surface area contributed by atoms with Crippen LogP contribution < -0.4 is 0 Å².